The van der Waals surface area contributed by atoms with Crippen molar-refractivity contribution in [2.75, 3.05) is 0 Å². The van der Waals surface area contributed by atoms with Crippen LogP contribution in [-0.4, -0.2) is 10.7 Å². The van der Waals surface area contributed by atoms with Gasteiger partial charge < -0.3 is 5.11 Å². The predicted molar refractivity (Wildman–Crippen MR) is 60.8 cm³/mol. The molecule has 1 nitrogen and oxygen atoms in total. The largest absolute Gasteiger partial charge is 0.384 e. The van der Waals surface area contributed by atoms with Crippen molar-refractivity contribution in [1.82, 2.24) is 0 Å². The minimum atomic E-state index is -1.81. The second kappa shape index (κ2) is 3.60. The van der Waals surface area contributed by atoms with E-state index in [2.05, 4.69) is 6.58 Å². The average molecular weight is 272 g/mol. The molecule has 3 rings (SSSR count). The molecule has 2 atom stereocenters. The number of rotatable bonds is 1. The van der Waals surface area contributed by atoms with E-state index in [0.29, 0.717) is 18.4 Å². The van der Waals surface area contributed by atoms with Crippen LogP contribution in [0.5, 0.6) is 0 Å². The fourth-order valence-corrected chi connectivity index (χ4v) is 3.69. The Labute approximate surface area is 107 Å². The monoisotopic (exact) mass is 272 g/mol. The van der Waals surface area contributed by atoms with Crippen LogP contribution < -0.4 is 0 Å². The Kier molecular flexibility index (Phi) is 2.40. The van der Waals surface area contributed by atoms with Gasteiger partial charge in [-0.25, -0.2) is 17.6 Å². The van der Waals surface area contributed by atoms with Crippen molar-refractivity contribution in [3.63, 3.8) is 0 Å². The van der Waals surface area contributed by atoms with Crippen molar-refractivity contribution in [1.29, 1.82) is 0 Å². The van der Waals surface area contributed by atoms with Gasteiger partial charge in [-0.05, 0) is 25.3 Å². The summed E-state index contributed by atoms with van der Waals surface area (Å²) in [6.07, 6.45) is 0.810. The van der Waals surface area contributed by atoms with Gasteiger partial charge in [-0.2, -0.15) is 0 Å². The van der Waals surface area contributed by atoms with E-state index >= 15 is 0 Å². The average Bonchev–Trinajstić information content (AvgIpc) is 2.84. The molecule has 5 heteroatoms. The lowest BCUT2D eigenvalue weighted by Gasteiger charge is -2.29. The summed E-state index contributed by atoms with van der Waals surface area (Å²) in [4.78, 5) is 0. The van der Waals surface area contributed by atoms with Gasteiger partial charge in [-0.15, -0.1) is 0 Å². The van der Waals surface area contributed by atoms with Crippen LogP contribution in [0.4, 0.5) is 17.6 Å². The van der Waals surface area contributed by atoms with Crippen LogP contribution in [0.3, 0.4) is 0 Å². The molecule has 0 unspecified atom stereocenters. The van der Waals surface area contributed by atoms with E-state index in [1.807, 2.05) is 0 Å². The molecule has 1 N–H and O–H groups in total. The molecule has 0 radical (unpaired) electrons. The number of halogens is 4. The normalized spacial score (nSPS) is 31.7. The van der Waals surface area contributed by atoms with Gasteiger partial charge in [0.15, 0.2) is 23.3 Å². The fourth-order valence-electron chi connectivity index (χ4n) is 3.69. The van der Waals surface area contributed by atoms with Crippen LogP contribution in [0.1, 0.15) is 42.7 Å². The Bertz CT molecular complexity index is 565. The topological polar surface area (TPSA) is 20.2 Å². The van der Waals surface area contributed by atoms with Crippen LogP contribution in [0.15, 0.2) is 12.2 Å². The summed E-state index contributed by atoms with van der Waals surface area (Å²) in [6, 6.07) is 0. The Balaban J connectivity index is 2.35. The first-order valence-corrected chi connectivity index (χ1v) is 6.05. The molecule has 0 saturated heterocycles. The highest BCUT2D eigenvalue weighted by Gasteiger charge is 2.60. The van der Waals surface area contributed by atoms with E-state index in [9.17, 15) is 22.7 Å². The first-order valence-electron chi connectivity index (χ1n) is 6.05. The third kappa shape index (κ3) is 1.24. The molecule has 19 heavy (non-hydrogen) atoms. The summed E-state index contributed by atoms with van der Waals surface area (Å²) in [5.41, 5.74) is -1.60. The van der Waals surface area contributed by atoms with Crippen molar-refractivity contribution >= 4 is 0 Å². The molecule has 2 aliphatic carbocycles. The lowest BCUT2D eigenvalue weighted by molar-refractivity contribution is 0.0625. The van der Waals surface area contributed by atoms with Gasteiger partial charge in [0.1, 0.15) is 0 Å². The van der Waals surface area contributed by atoms with Crippen LogP contribution >= 0.6 is 0 Å². The molecular formula is C14H12F4O. The highest BCUT2D eigenvalue weighted by atomic mass is 19.2. The summed E-state index contributed by atoms with van der Waals surface area (Å²) in [5, 5.41) is 10.6. The minimum absolute atomic E-state index is 0.224. The quantitative estimate of drug-likeness (QED) is 0.359. The Hall–Kier alpha value is -1.36. The number of fused-ring (bicyclic) bond motifs is 5. The maximum Gasteiger partial charge on any atom is 0.197 e. The minimum Gasteiger partial charge on any atom is -0.384 e. The van der Waals surface area contributed by atoms with Gasteiger partial charge >= 0.3 is 0 Å². The molecule has 0 heterocycles. The molecule has 0 aliphatic heterocycles. The van der Waals surface area contributed by atoms with E-state index in [0.717, 1.165) is 0 Å². The predicted octanol–water partition coefficient (Wildman–Crippen LogP) is 3.52. The third-order valence-corrected chi connectivity index (χ3v) is 4.53. The number of hydrogen-bond donors (Lipinski definition) is 1. The van der Waals surface area contributed by atoms with Crippen molar-refractivity contribution in [3.8, 4) is 0 Å². The van der Waals surface area contributed by atoms with Crippen molar-refractivity contribution in [3.05, 3.63) is 46.5 Å². The second-order valence-corrected chi connectivity index (χ2v) is 5.37. The number of benzene rings is 1. The smallest absolute Gasteiger partial charge is 0.197 e. The summed E-state index contributed by atoms with van der Waals surface area (Å²) in [6.45, 7) is 5.21. The van der Waals surface area contributed by atoms with Crippen molar-refractivity contribution in [2.45, 2.75) is 37.2 Å². The third-order valence-electron chi connectivity index (χ3n) is 4.53. The van der Waals surface area contributed by atoms with E-state index in [1.54, 1.807) is 6.92 Å². The summed E-state index contributed by atoms with van der Waals surface area (Å²) in [7, 11) is 0. The van der Waals surface area contributed by atoms with Gasteiger partial charge in [0.25, 0.3) is 0 Å². The van der Waals surface area contributed by atoms with E-state index in [-0.39, 0.29) is 11.1 Å². The lowest BCUT2D eigenvalue weighted by atomic mass is 9.83. The van der Waals surface area contributed by atoms with Gasteiger partial charge in [-0.3, -0.25) is 0 Å². The Morgan fingerprint density at radius 2 is 1.37 bits per heavy atom. The zero-order chi connectivity index (χ0) is 14.1. The summed E-state index contributed by atoms with van der Waals surface area (Å²) < 4.78 is 54.4. The lowest BCUT2D eigenvalue weighted by Crippen LogP contribution is -2.33. The molecule has 2 aliphatic rings. The Morgan fingerprint density at radius 1 is 1.00 bits per heavy atom. The molecule has 1 aromatic carbocycles. The zero-order valence-electron chi connectivity index (χ0n) is 10.2. The van der Waals surface area contributed by atoms with E-state index < -0.39 is 40.7 Å². The highest BCUT2D eigenvalue weighted by molar-refractivity contribution is 5.52. The zero-order valence-corrected chi connectivity index (χ0v) is 10.2. The standard InChI is InChI=1S/C14H12F4O/c1-5(2)14(19)6-3-4-7(14)9-8(6)10(15)12(17)13(18)11(9)16/h6-7,19H,1,3-4H2,2H3/t6-,7-/m1/s1. The maximum atomic E-state index is 13.9. The second-order valence-electron chi connectivity index (χ2n) is 5.37. The van der Waals surface area contributed by atoms with Crippen molar-refractivity contribution in [2.24, 2.45) is 0 Å². The van der Waals surface area contributed by atoms with Crippen LogP contribution in [0, 0.1) is 23.3 Å². The van der Waals surface area contributed by atoms with Crippen molar-refractivity contribution < 1.29 is 22.7 Å². The number of aliphatic hydroxyl groups is 1. The van der Waals surface area contributed by atoms with Gasteiger partial charge in [-0.1, -0.05) is 6.58 Å². The van der Waals surface area contributed by atoms with E-state index in [1.165, 1.54) is 0 Å². The molecule has 0 spiro atoms. The fraction of sp³-hybridized carbons (Fsp3) is 0.429. The first-order chi connectivity index (χ1) is 8.81. The highest BCUT2D eigenvalue weighted by Crippen LogP contribution is 2.63. The molecule has 1 fully saturated rings. The van der Waals surface area contributed by atoms with Crippen LogP contribution in [-0.2, 0) is 0 Å². The molecule has 1 aromatic rings. The van der Waals surface area contributed by atoms with Crippen LogP contribution in [0.2, 0.25) is 0 Å². The Morgan fingerprint density at radius 3 is 1.68 bits per heavy atom. The van der Waals surface area contributed by atoms with Crippen LogP contribution in [0.25, 0.3) is 0 Å². The first kappa shape index (κ1) is 12.7. The van der Waals surface area contributed by atoms with E-state index in [4.69, 9.17) is 0 Å². The summed E-state index contributed by atoms with van der Waals surface area (Å²) >= 11 is 0. The molecular weight excluding hydrogens is 260 g/mol. The maximum absolute atomic E-state index is 13.9. The number of hydrogen-bond acceptors (Lipinski definition) is 1. The molecule has 0 amide bonds. The van der Waals surface area contributed by atoms with Gasteiger partial charge in [0, 0.05) is 23.0 Å². The molecule has 0 aromatic heterocycles. The molecule has 1 saturated carbocycles. The molecule has 2 bridgehead atoms. The van der Waals surface area contributed by atoms with Gasteiger partial charge in [0.05, 0.1) is 5.60 Å². The SMILES string of the molecule is C=C(C)C1(O)[C@@H]2CC[C@@H]1c1c(F)c(F)c(F)c(F)c12. The van der Waals surface area contributed by atoms with Gasteiger partial charge in [0.2, 0.25) is 0 Å². The summed E-state index contributed by atoms with van der Waals surface area (Å²) in [5.74, 6) is -7.91. The molecule has 102 valence electrons.